The number of carbonyl (C=O) groups is 2. The van der Waals surface area contributed by atoms with Crippen molar-refractivity contribution in [3.63, 3.8) is 0 Å². The van der Waals surface area contributed by atoms with E-state index in [4.69, 9.17) is 28.3 Å². The van der Waals surface area contributed by atoms with Crippen LogP contribution in [0.15, 0.2) is 18.2 Å². The maximum Gasteiger partial charge on any atom is 0.319 e. The summed E-state index contributed by atoms with van der Waals surface area (Å²) in [7, 11) is 0. The van der Waals surface area contributed by atoms with Gasteiger partial charge in [-0.15, -0.1) is 0 Å². The molecule has 0 saturated heterocycles. The summed E-state index contributed by atoms with van der Waals surface area (Å²) >= 11 is 11.8. The van der Waals surface area contributed by atoms with Crippen molar-refractivity contribution in [1.29, 1.82) is 0 Å². The number of benzene rings is 1. The number of halogens is 2. The fourth-order valence-electron chi connectivity index (χ4n) is 2.67. The molecule has 0 bridgehead atoms. The molecule has 2 rings (SSSR count). The predicted molar refractivity (Wildman–Crippen MR) is 82.1 cm³/mol. The molecule has 21 heavy (non-hydrogen) atoms. The SMILES string of the molecule is O=C(O)CC1(NC(=O)Nc2cc(Cl)ccc2Cl)CCCC1. The van der Waals surface area contributed by atoms with E-state index in [0.717, 1.165) is 12.8 Å². The summed E-state index contributed by atoms with van der Waals surface area (Å²) in [5, 5.41) is 15.2. The first-order valence-corrected chi connectivity index (χ1v) is 7.42. The Bertz CT molecular complexity index is 557. The Morgan fingerprint density at radius 2 is 1.90 bits per heavy atom. The van der Waals surface area contributed by atoms with Gasteiger partial charge in [-0.2, -0.15) is 0 Å². The molecule has 7 heteroatoms. The van der Waals surface area contributed by atoms with Crippen molar-refractivity contribution >= 4 is 40.9 Å². The topological polar surface area (TPSA) is 78.4 Å². The highest BCUT2D eigenvalue weighted by Crippen LogP contribution is 2.33. The van der Waals surface area contributed by atoms with E-state index < -0.39 is 17.5 Å². The van der Waals surface area contributed by atoms with E-state index in [1.54, 1.807) is 18.2 Å². The maximum absolute atomic E-state index is 12.1. The molecule has 1 saturated carbocycles. The predicted octanol–water partition coefficient (Wildman–Crippen LogP) is 3.90. The van der Waals surface area contributed by atoms with E-state index in [-0.39, 0.29) is 6.42 Å². The van der Waals surface area contributed by atoms with E-state index in [2.05, 4.69) is 10.6 Å². The van der Waals surface area contributed by atoms with Gasteiger partial charge < -0.3 is 15.7 Å². The second kappa shape index (κ2) is 6.54. The number of hydrogen-bond donors (Lipinski definition) is 3. The second-order valence-corrected chi connectivity index (χ2v) is 6.10. The molecule has 0 atom stereocenters. The van der Waals surface area contributed by atoms with Gasteiger partial charge in [0.25, 0.3) is 0 Å². The minimum absolute atomic E-state index is 0.0797. The average Bonchev–Trinajstić information content (AvgIpc) is 2.80. The van der Waals surface area contributed by atoms with Gasteiger partial charge in [-0.1, -0.05) is 36.0 Å². The Balaban J connectivity index is 2.06. The maximum atomic E-state index is 12.1. The van der Waals surface area contributed by atoms with Gasteiger partial charge in [0.15, 0.2) is 0 Å². The van der Waals surface area contributed by atoms with Crippen molar-refractivity contribution in [2.24, 2.45) is 0 Å². The van der Waals surface area contributed by atoms with Crippen LogP contribution in [0.2, 0.25) is 10.0 Å². The first-order chi connectivity index (χ1) is 9.90. The molecular formula is C14H16Cl2N2O3. The van der Waals surface area contributed by atoms with Crippen molar-refractivity contribution in [2.75, 3.05) is 5.32 Å². The molecule has 3 N–H and O–H groups in total. The lowest BCUT2D eigenvalue weighted by Crippen LogP contribution is -2.49. The number of aliphatic carboxylic acids is 1. The van der Waals surface area contributed by atoms with Crippen molar-refractivity contribution in [1.82, 2.24) is 5.32 Å². The van der Waals surface area contributed by atoms with Crippen LogP contribution in [0.4, 0.5) is 10.5 Å². The number of hydrogen-bond acceptors (Lipinski definition) is 2. The quantitative estimate of drug-likeness (QED) is 0.783. The first kappa shape index (κ1) is 15.9. The molecule has 0 radical (unpaired) electrons. The summed E-state index contributed by atoms with van der Waals surface area (Å²) in [6.45, 7) is 0. The summed E-state index contributed by atoms with van der Waals surface area (Å²) in [5.41, 5.74) is -0.286. The summed E-state index contributed by atoms with van der Waals surface area (Å²) in [4.78, 5) is 23.1. The first-order valence-electron chi connectivity index (χ1n) is 6.66. The van der Waals surface area contributed by atoms with E-state index >= 15 is 0 Å². The molecule has 1 aliphatic carbocycles. The van der Waals surface area contributed by atoms with Crippen LogP contribution in [0.25, 0.3) is 0 Å². The Hall–Kier alpha value is -1.46. The molecule has 1 aromatic rings. The zero-order valence-electron chi connectivity index (χ0n) is 11.3. The normalized spacial score (nSPS) is 16.5. The smallest absolute Gasteiger partial charge is 0.319 e. The van der Waals surface area contributed by atoms with Gasteiger partial charge in [-0.05, 0) is 31.0 Å². The zero-order chi connectivity index (χ0) is 15.5. The Morgan fingerprint density at radius 1 is 1.24 bits per heavy atom. The molecule has 114 valence electrons. The Labute approximate surface area is 132 Å². The zero-order valence-corrected chi connectivity index (χ0v) is 12.8. The lowest BCUT2D eigenvalue weighted by atomic mass is 9.93. The van der Waals surface area contributed by atoms with Gasteiger partial charge in [0, 0.05) is 5.02 Å². The van der Waals surface area contributed by atoms with E-state index in [1.165, 1.54) is 0 Å². The van der Waals surface area contributed by atoms with Crippen LogP contribution in [0.5, 0.6) is 0 Å². The highest BCUT2D eigenvalue weighted by molar-refractivity contribution is 6.35. The lowest BCUT2D eigenvalue weighted by molar-refractivity contribution is -0.138. The van der Waals surface area contributed by atoms with Crippen molar-refractivity contribution < 1.29 is 14.7 Å². The molecule has 0 spiro atoms. The van der Waals surface area contributed by atoms with Crippen LogP contribution in [0.1, 0.15) is 32.1 Å². The molecule has 1 fully saturated rings. The molecule has 1 aromatic carbocycles. The third-order valence-electron chi connectivity index (χ3n) is 3.61. The second-order valence-electron chi connectivity index (χ2n) is 5.26. The van der Waals surface area contributed by atoms with Crippen molar-refractivity contribution in [2.45, 2.75) is 37.6 Å². The highest BCUT2D eigenvalue weighted by Gasteiger charge is 2.37. The third kappa shape index (κ3) is 4.25. The van der Waals surface area contributed by atoms with Gasteiger partial charge in [0.1, 0.15) is 0 Å². The molecule has 0 aliphatic heterocycles. The fraction of sp³-hybridized carbons (Fsp3) is 0.429. The monoisotopic (exact) mass is 330 g/mol. The van der Waals surface area contributed by atoms with E-state index in [1.807, 2.05) is 0 Å². The van der Waals surface area contributed by atoms with Crippen molar-refractivity contribution in [3.05, 3.63) is 28.2 Å². The number of amides is 2. The van der Waals surface area contributed by atoms with Gasteiger partial charge in [0.05, 0.1) is 22.7 Å². The number of urea groups is 1. The van der Waals surface area contributed by atoms with Crippen LogP contribution in [-0.4, -0.2) is 22.6 Å². The fourth-order valence-corrected chi connectivity index (χ4v) is 3.01. The summed E-state index contributed by atoms with van der Waals surface area (Å²) in [6, 6.07) is 4.28. The van der Waals surface area contributed by atoms with Crippen LogP contribution in [0, 0.1) is 0 Å². The van der Waals surface area contributed by atoms with Gasteiger partial charge in [-0.25, -0.2) is 4.79 Å². The molecular weight excluding hydrogens is 315 g/mol. The molecule has 5 nitrogen and oxygen atoms in total. The minimum atomic E-state index is -0.919. The molecule has 0 aromatic heterocycles. The number of carbonyl (C=O) groups excluding carboxylic acids is 1. The van der Waals surface area contributed by atoms with Crippen LogP contribution >= 0.6 is 23.2 Å². The standard InChI is InChI=1S/C14H16Cl2N2O3/c15-9-3-4-10(16)11(7-9)17-13(21)18-14(8-12(19)20)5-1-2-6-14/h3-4,7H,1-2,5-6,8H2,(H,19,20)(H2,17,18,21). The summed E-state index contributed by atoms with van der Waals surface area (Å²) in [5.74, 6) is -0.919. The van der Waals surface area contributed by atoms with Crippen LogP contribution < -0.4 is 10.6 Å². The van der Waals surface area contributed by atoms with Crippen LogP contribution in [0.3, 0.4) is 0 Å². The molecule has 2 amide bonds. The number of anilines is 1. The Kier molecular flexibility index (Phi) is 4.96. The van der Waals surface area contributed by atoms with Gasteiger partial charge >= 0.3 is 12.0 Å². The van der Waals surface area contributed by atoms with E-state index in [0.29, 0.717) is 28.6 Å². The molecule has 0 heterocycles. The van der Waals surface area contributed by atoms with Crippen molar-refractivity contribution in [3.8, 4) is 0 Å². The van der Waals surface area contributed by atoms with Gasteiger partial charge in [0.2, 0.25) is 0 Å². The number of rotatable bonds is 4. The number of nitrogens with one attached hydrogen (secondary N) is 2. The number of carboxylic acid groups (broad SMARTS) is 1. The van der Waals surface area contributed by atoms with Crippen LogP contribution in [-0.2, 0) is 4.79 Å². The summed E-state index contributed by atoms with van der Waals surface area (Å²) < 4.78 is 0. The van der Waals surface area contributed by atoms with Gasteiger partial charge in [-0.3, -0.25) is 4.79 Å². The highest BCUT2D eigenvalue weighted by atomic mass is 35.5. The Morgan fingerprint density at radius 3 is 2.52 bits per heavy atom. The molecule has 1 aliphatic rings. The average molecular weight is 331 g/mol. The minimum Gasteiger partial charge on any atom is -0.481 e. The molecule has 0 unspecified atom stereocenters. The van der Waals surface area contributed by atoms with E-state index in [9.17, 15) is 9.59 Å². The lowest BCUT2D eigenvalue weighted by Gasteiger charge is -2.28. The third-order valence-corrected chi connectivity index (χ3v) is 4.17. The largest absolute Gasteiger partial charge is 0.481 e. The number of carboxylic acids is 1. The summed E-state index contributed by atoms with van der Waals surface area (Å²) in [6.07, 6.45) is 3.06.